The number of carbonyl (C=O) groups is 1. The first kappa shape index (κ1) is 38.6. The number of phosphoric acid groups is 1. The predicted octanol–water partition coefficient (Wildman–Crippen LogP) is 3.00. The first-order valence-corrected chi connectivity index (χ1v) is 15.3. The molecule has 0 amide bonds. The number of carbonyl (C=O) groups excluding carboxylic acids is 1. The van der Waals surface area contributed by atoms with Gasteiger partial charge in [-0.1, -0.05) is 96.8 Å². The van der Waals surface area contributed by atoms with Gasteiger partial charge in [-0.05, 0) is 6.42 Å². The average Bonchev–Trinajstić information content (AvgIpc) is 2.78. The van der Waals surface area contributed by atoms with E-state index in [2.05, 4.69) is 6.92 Å². The zero-order chi connectivity index (χ0) is 26.4. The number of rotatable bonds is 25. The maximum atomic E-state index is 12.0. The van der Waals surface area contributed by atoms with Gasteiger partial charge in [0, 0.05) is 6.42 Å². The van der Waals surface area contributed by atoms with Crippen LogP contribution in [0.1, 0.15) is 110 Å². The molecule has 0 bridgehead atoms. The SMILES string of the molecule is CCCCCCCCCCCCCCCCCC(=O)O[C@H](CO)COP(=O)(O)OCC[N+](C)(C)C.[Na+]. The number of likely N-dealkylation sites (N-methyl/N-ethyl adjacent to an activating group) is 1. The molecule has 36 heavy (non-hydrogen) atoms. The fourth-order valence-electron chi connectivity index (χ4n) is 3.65. The minimum Gasteiger partial charge on any atom is -0.457 e. The second kappa shape index (κ2) is 24.5. The molecule has 1 unspecified atom stereocenters. The summed E-state index contributed by atoms with van der Waals surface area (Å²) in [5.74, 6) is -0.430. The molecule has 0 rings (SSSR count). The first-order chi connectivity index (χ1) is 16.6. The van der Waals surface area contributed by atoms with Crippen molar-refractivity contribution in [1.82, 2.24) is 0 Å². The smallest absolute Gasteiger partial charge is 0.457 e. The Morgan fingerprint density at radius 1 is 0.806 bits per heavy atom. The quantitative estimate of drug-likeness (QED) is 0.0596. The van der Waals surface area contributed by atoms with Crippen molar-refractivity contribution in [3.63, 3.8) is 0 Å². The van der Waals surface area contributed by atoms with Gasteiger partial charge in [0.25, 0.3) is 0 Å². The van der Waals surface area contributed by atoms with Crippen LogP contribution in [0.15, 0.2) is 0 Å². The molecule has 10 heteroatoms. The molecular weight excluding hydrogens is 492 g/mol. The van der Waals surface area contributed by atoms with Gasteiger partial charge in [-0.2, -0.15) is 0 Å². The van der Waals surface area contributed by atoms with Crippen LogP contribution in [-0.2, 0) is 23.1 Å². The van der Waals surface area contributed by atoms with Crippen LogP contribution in [0.25, 0.3) is 0 Å². The zero-order valence-corrected chi connectivity index (χ0v) is 26.9. The third-order valence-corrected chi connectivity index (χ3v) is 6.91. The number of hydrogen-bond donors (Lipinski definition) is 2. The van der Waals surface area contributed by atoms with Crippen molar-refractivity contribution in [2.24, 2.45) is 0 Å². The van der Waals surface area contributed by atoms with Gasteiger partial charge in [0.1, 0.15) is 19.3 Å². The molecule has 0 saturated carbocycles. The molecule has 0 aliphatic carbocycles. The molecule has 0 aromatic heterocycles. The molecule has 0 saturated heterocycles. The summed E-state index contributed by atoms with van der Waals surface area (Å²) < 4.78 is 27.5. The number of aliphatic hydroxyl groups is 1. The van der Waals surface area contributed by atoms with Gasteiger partial charge in [0.05, 0.1) is 34.4 Å². The Hall–Kier alpha value is 0.500. The van der Waals surface area contributed by atoms with Gasteiger partial charge < -0.3 is 19.2 Å². The Balaban J connectivity index is 0. The topological polar surface area (TPSA) is 102 Å². The van der Waals surface area contributed by atoms with Crippen LogP contribution in [0.2, 0.25) is 0 Å². The van der Waals surface area contributed by atoms with Crippen LogP contribution in [0.5, 0.6) is 0 Å². The van der Waals surface area contributed by atoms with Gasteiger partial charge in [-0.15, -0.1) is 0 Å². The molecule has 0 aliphatic rings. The molecular formula is C26H55NNaO7P+2. The Labute approximate surface area is 243 Å². The Morgan fingerprint density at radius 3 is 1.67 bits per heavy atom. The number of quaternary nitrogens is 1. The molecule has 2 N–H and O–H groups in total. The fourth-order valence-corrected chi connectivity index (χ4v) is 4.40. The number of phosphoric ester groups is 1. The second-order valence-electron chi connectivity index (χ2n) is 10.6. The molecule has 0 spiro atoms. The van der Waals surface area contributed by atoms with E-state index >= 15 is 0 Å². The maximum absolute atomic E-state index is 12.0. The van der Waals surface area contributed by atoms with Crippen molar-refractivity contribution in [3.05, 3.63) is 0 Å². The third kappa shape index (κ3) is 27.5. The van der Waals surface area contributed by atoms with Crippen molar-refractivity contribution in [1.29, 1.82) is 0 Å². The summed E-state index contributed by atoms with van der Waals surface area (Å²) in [5.41, 5.74) is 0. The van der Waals surface area contributed by atoms with E-state index < -0.39 is 26.5 Å². The van der Waals surface area contributed by atoms with Crippen molar-refractivity contribution < 1.29 is 67.2 Å². The summed E-state index contributed by atoms with van der Waals surface area (Å²) in [6.07, 6.45) is 18.1. The number of ether oxygens (including phenoxy) is 1. The standard InChI is InChI=1S/C26H54NO7P.Na/c1-5-6-7-8-9-10-11-12-13-14-15-16-17-18-19-20-26(29)34-25(23-28)24-33-35(30,31)32-22-21-27(2,3)4;/h25,28H,5-24H2,1-4H3;/q;+1/p+1/t25-;/m1./s1. The largest absolute Gasteiger partial charge is 1.00 e. The number of unbranched alkanes of at least 4 members (excludes halogenated alkanes) is 14. The van der Waals surface area contributed by atoms with E-state index in [0.717, 1.165) is 19.3 Å². The number of hydrogen-bond acceptors (Lipinski definition) is 6. The molecule has 0 heterocycles. The maximum Gasteiger partial charge on any atom is 1.00 e. The molecule has 8 nitrogen and oxygen atoms in total. The zero-order valence-electron chi connectivity index (χ0n) is 24.0. The molecule has 210 valence electrons. The Bertz CT molecular complexity index is 561. The number of aliphatic hydroxyl groups excluding tert-OH is 1. The molecule has 0 aliphatic heterocycles. The van der Waals surface area contributed by atoms with E-state index in [4.69, 9.17) is 13.8 Å². The van der Waals surface area contributed by atoms with Gasteiger partial charge in [0.15, 0.2) is 0 Å². The molecule has 0 fully saturated rings. The normalized spacial score (nSPS) is 14.2. The van der Waals surface area contributed by atoms with Crippen LogP contribution in [0.4, 0.5) is 0 Å². The van der Waals surface area contributed by atoms with Gasteiger partial charge in [0.2, 0.25) is 0 Å². The summed E-state index contributed by atoms with van der Waals surface area (Å²) in [5, 5.41) is 9.39. The summed E-state index contributed by atoms with van der Waals surface area (Å²) in [6, 6.07) is 0. The minimum absolute atomic E-state index is 0. The van der Waals surface area contributed by atoms with Gasteiger partial charge >= 0.3 is 43.3 Å². The van der Waals surface area contributed by atoms with Crippen LogP contribution >= 0.6 is 7.82 Å². The van der Waals surface area contributed by atoms with Crippen molar-refractivity contribution >= 4 is 13.8 Å². The summed E-state index contributed by atoms with van der Waals surface area (Å²) >= 11 is 0. The van der Waals surface area contributed by atoms with E-state index in [1.54, 1.807) is 0 Å². The van der Waals surface area contributed by atoms with Crippen LogP contribution in [0.3, 0.4) is 0 Å². The average molecular weight is 548 g/mol. The van der Waals surface area contributed by atoms with E-state index in [1.807, 2.05) is 21.1 Å². The summed E-state index contributed by atoms with van der Waals surface area (Å²) in [7, 11) is 1.56. The molecule has 2 atom stereocenters. The van der Waals surface area contributed by atoms with E-state index in [-0.39, 0.29) is 49.2 Å². The Kier molecular flexibility index (Phi) is 26.3. The van der Waals surface area contributed by atoms with E-state index in [9.17, 15) is 19.4 Å². The van der Waals surface area contributed by atoms with Gasteiger partial charge in [-0.3, -0.25) is 13.8 Å². The molecule has 0 aromatic carbocycles. The van der Waals surface area contributed by atoms with Crippen LogP contribution < -0.4 is 29.6 Å². The van der Waals surface area contributed by atoms with Crippen LogP contribution in [-0.4, -0.2) is 74.1 Å². The number of esters is 1. The summed E-state index contributed by atoms with van der Waals surface area (Å²) in [6.45, 7) is 1.97. The summed E-state index contributed by atoms with van der Waals surface area (Å²) in [4.78, 5) is 21.7. The van der Waals surface area contributed by atoms with E-state index in [0.29, 0.717) is 11.0 Å². The second-order valence-corrected chi connectivity index (χ2v) is 12.1. The van der Waals surface area contributed by atoms with Gasteiger partial charge in [-0.25, -0.2) is 4.57 Å². The van der Waals surface area contributed by atoms with Crippen LogP contribution in [0, 0.1) is 0 Å². The third-order valence-electron chi connectivity index (χ3n) is 5.93. The fraction of sp³-hybridized carbons (Fsp3) is 0.962. The van der Waals surface area contributed by atoms with Crippen molar-refractivity contribution in [3.8, 4) is 0 Å². The van der Waals surface area contributed by atoms with Crippen molar-refractivity contribution in [2.45, 2.75) is 116 Å². The molecule has 0 radical (unpaired) electrons. The van der Waals surface area contributed by atoms with E-state index in [1.165, 1.54) is 77.0 Å². The molecule has 0 aromatic rings. The first-order valence-electron chi connectivity index (χ1n) is 13.8. The Morgan fingerprint density at radius 2 is 1.25 bits per heavy atom. The number of nitrogens with zero attached hydrogens (tertiary/aromatic N) is 1. The monoisotopic (exact) mass is 547 g/mol. The predicted molar refractivity (Wildman–Crippen MR) is 141 cm³/mol. The minimum atomic E-state index is -4.26. The van der Waals surface area contributed by atoms with Crippen molar-refractivity contribution in [2.75, 3.05) is 47.5 Å².